The Balaban J connectivity index is 1.55. The Morgan fingerprint density at radius 2 is 2.00 bits per heavy atom. The Hall–Kier alpha value is -2.29. The van der Waals surface area contributed by atoms with E-state index in [1.54, 1.807) is 24.3 Å². The maximum absolute atomic E-state index is 12.5. The molecule has 1 aromatic rings. The summed E-state index contributed by atoms with van der Waals surface area (Å²) in [6, 6.07) is 6.62. The van der Waals surface area contributed by atoms with Gasteiger partial charge in [-0.3, -0.25) is 4.79 Å². The van der Waals surface area contributed by atoms with E-state index >= 15 is 0 Å². The molecule has 27 heavy (non-hydrogen) atoms. The minimum atomic E-state index is -3.11. The lowest BCUT2D eigenvalue weighted by atomic mass is 10.2. The Bertz CT molecular complexity index is 808. The number of ether oxygens (including phenoxy) is 3. The molecule has 0 aromatic heterocycles. The van der Waals surface area contributed by atoms with Crippen molar-refractivity contribution >= 4 is 21.7 Å². The lowest BCUT2D eigenvalue weighted by Crippen LogP contribution is -2.45. The van der Waals surface area contributed by atoms with Crippen LogP contribution in [0.3, 0.4) is 0 Å². The van der Waals surface area contributed by atoms with Crippen LogP contribution in [0.1, 0.15) is 19.8 Å². The number of para-hydroxylation sites is 2. The molecular weight excluding hydrogens is 374 g/mol. The van der Waals surface area contributed by atoms with Gasteiger partial charge in [-0.2, -0.15) is 0 Å². The van der Waals surface area contributed by atoms with Gasteiger partial charge < -0.3 is 19.1 Å². The number of hydrogen-bond acceptors (Lipinski definition) is 7. The summed E-state index contributed by atoms with van der Waals surface area (Å²) in [4.78, 5) is 26.2. The van der Waals surface area contributed by atoms with Crippen molar-refractivity contribution in [1.82, 2.24) is 4.90 Å². The number of fused-ring (bicyclic) bond motifs is 1. The molecule has 0 aliphatic carbocycles. The van der Waals surface area contributed by atoms with Crippen molar-refractivity contribution in [2.75, 3.05) is 31.3 Å². The molecule has 148 valence electrons. The van der Waals surface area contributed by atoms with Crippen LogP contribution in [0, 0.1) is 0 Å². The molecule has 9 heteroatoms. The number of nitrogens with zero attached hydrogens (tertiary/aromatic N) is 1. The van der Waals surface area contributed by atoms with Crippen LogP contribution in [-0.4, -0.2) is 68.6 Å². The minimum Gasteiger partial charge on any atom is -0.485 e. The smallest absolute Gasteiger partial charge is 0.351 e. The minimum absolute atomic E-state index is 0.00355. The maximum atomic E-state index is 12.5. The third-order valence-corrected chi connectivity index (χ3v) is 6.29. The predicted octanol–water partition coefficient (Wildman–Crippen LogP) is 0.795. The molecule has 1 aromatic carbocycles. The van der Waals surface area contributed by atoms with Gasteiger partial charge in [-0.15, -0.1) is 0 Å². The zero-order chi connectivity index (χ0) is 19.4. The second-order valence-electron chi connectivity index (χ2n) is 6.62. The lowest BCUT2D eigenvalue weighted by Gasteiger charge is -2.28. The first kappa shape index (κ1) is 19.5. The number of esters is 1. The summed E-state index contributed by atoms with van der Waals surface area (Å²) in [5.41, 5.74) is 0. The molecule has 0 saturated carbocycles. The summed E-state index contributed by atoms with van der Waals surface area (Å²) >= 11 is 0. The van der Waals surface area contributed by atoms with Gasteiger partial charge in [-0.05, 0) is 25.0 Å². The third kappa shape index (κ3) is 4.71. The van der Waals surface area contributed by atoms with Crippen LogP contribution in [0.25, 0.3) is 0 Å². The summed E-state index contributed by atoms with van der Waals surface area (Å²) in [6.45, 7) is 1.88. The number of rotatable bonds is 6. The second kappa shape index (κ2) is 8.16. The van der Waals surface area contributed by atoms with Crippen LogP contribution in [0.4, 0.5) is 0 Å². The Morgan fingerprint density at radius 3 is 2.67 bits per heavy atom. The van der Waals surface area contributed by atoms with E-state index in [0.29, 0.717) is 30.9 Å². The summed E-state index contributed by atoms with van der Waals surface area (Å²) in [5.74, 6) is -0.0477. The van der Waals surface area contributed by atoms with E-state index in [1.807, 2.05) is 6.92 Å². The summed E-state index contributed by atoms with van der Waals surface area (Å²) in [7, 11) is -3.11. The highest BCUT2D eigenvalue weighted by atomic mass is 32.2. The maximum Gasteiger partial charge on any atom is 0.351 e. The first-order valence-electron chi connectivity index (χ1n) is 8.94. The first-order chi connectivity index (χ1) is 12.9. The number of sulfone groups is 1. The lowest BCUT2D eigenvalue weighted by molar-refractivity contribution is -0.160. The highest BCUT2D eigenvalue weighted by Crippen LogP contribution is 2.31. The Morgan fingerprint density at radius 1 is 1.26 bits per heavy atom. The van der Waals surface area contributed by atoms with Crippen LogP contribution in [0.2, 0.25) is 0 Å². The van der Waals surface area contributed by atoms with E-state index in [0.717, 1.165) is 0 Å². The van der Waals surface area contributed by atoms with Crippen molar-refractivity contribution in [1.29, 1.82) is 0 Å². The van der Waals surface area contributed by atoms with Crippen molar-refractivity contribution in [3.8, 4) is 11.5 Å². The molecule has 1 fully saturated rings. The van der Waals surface area contributed by atoms with E-state index in [9.17, 15) is 18.0 Å². The summed E-state index contributed by atoms with van der Waals surface area (Å²) in [6.07, 6.45) is 0.157. The molecule has 0 N–H and O–H groups in total. The van der Waals surface area contributed by atoms with E-state index in [1.165, 1.54) is 4.90 Å². The molecule has 0 unspecified atom stereocenters. The fourth-order valence-electron chi connectivity index (χ4n) is 3.22. The quantitative estimate of drug-likeness (QED) is 0.655. The molecule has 0 spiro atoms. The van der Waals surface area contributed by atoms with E-state index in [-0.39, 0.29) is 24.2 Å². The molecule has 2 atom stereocenters. The van der Waals surface area contributed by atoms with Crippen LogP contribution in [-0.2, 0) is 24.2 Å². The van der Waals surface area contributed by atoms with Gasteiger partial charge >= 0.3 is 5.97 Å². The molecular formula is C18H23NO7S. The number of hydrogen-bond donors (Lipinski definition) is 0. The van der Waals surface area contributed by atoms with Crippen molar-refractivity contribution in [2.45, 2.75) is 31.9 Å². The third-order valence-electron chi connectivity index (χ3n) is 4.54. The van der Waals surface area contributed by atoms with Crippen LogP contribution < -0.4 is 9.47 Å². The SMILES string of the molecule is CCCN(C(=O)COC(=O)[C@@H]1COc2ccccc2O1)[C@H]1CCS(=O)(=O)C1. The van der Waals surface area contributed by atoms with E-state index in [2.05, 4.69) is 0 Å². The molecule has 2 heterocycles. The monoisotopic (exact) mass is 397 g/mol. The van der Waals surface area contributed by atoms with Gasteiger partial charge in [0.2, 0.25) is 6.10 Å². The van der Waals surface area contributed by atoms with Crippen molar-refractivity contribution in [3.05, 3.63) is 24.3 Å². The summed E-state index contributed by atoms with van der Waals surface area (Å²) < 4.78 is 39.5. The molecule has 0 bridgehead atoms. The van der Waals surface area contributed by atoms with E-state index < -0.39 is 34.4 Å². The number of carbonyl (C=O) groups excluding carboxylic acids is 2. The molecule has 8 nitrogen and oxygen atoms in total. The van der Waals surface area contributed by atoms with Crippen molar-refractivity contribution < 1.29 is 32.2 Å². The second-order valence-corrected chi connectivity index (χ2v) is 8.84. The Labute approximate surface area is 158 Å². The van der Waals surface area contributed by atoms with Gasteiger partial charge in [0.05, 0.1) is 11.5 Å². The van der Waals surface area contributed by atoms with Gasteiger partial charge in [-0.1, -0.05) is 19.1 Å². The standard InChI is InChI=1S/C18H23NO7S/c1-2-8-19(13-7-9-27(22,23)12-13)17(20)11-25-18(21)16-10-24-14-5-3-4-6-15(14)26-16/h3-6,13,16H,2,7-12H2,1H3/t13-,16-/m0/s1. The van der Waals surface area contributed by atoms with Crippen molar-refractivity contribution in [3.63, 3.8) is 0 Å². The molecule has 2 aliphatic heterocycles. The fourth-order valence-corrected chi connectivity index (χ4v) is 4.95. The first-order valence-corrected chi connectivity index (χ1v) is 10.8. The molecule has 0 radical (unpaired) electrons. The van der Waals surface area contributed by atoms with Crippen LogP contribution in [0.5, 0.6) is 11.5 Å². The van der Waals surface area contributed by atoms with Gasteiger partial charge in [0.25, 0.3) is 5.91 Å². The zero-order valence-corrected chi connectivity index (χ0v) is 15.9. The molecule has 2 aliphatic rings. The Kier molecular flexibility index (Phi) is 5.88. The van der Waals surface area contributed by atoms with Gasteiger partial charge in [0.15, 0.2) is 27.9 Å². The van der Waals surface area contributed by atoms with E-state index in [4.69, 9.17) is 14.2 Å². The molecule has 3 rings (SSSR count). The number of benzene rings is 1. The topological polar surface area (TPSA) is 99.2 Å². The average Bonchev–Trinajstić information content (AvgIpc) is 3.02. The molecule has 1 amide bonds. The van der Waals surface area contributed by atoms with Gasteiger partial charge in [-0.25, -0.2) is 13.2 Å². The van der Waals surface area contributed by atoms with Crippen LogP contribution in [0.15, 0.2) is 24.3 Å². The molecule has 1 saturated heterocycles. The van der Waals surface area contributed by atoms with Crippen LogP contribution >= 0.6 is 0 Å². The predicted molar refractivity (Wildman–Crippen MR) is 96.4 cm³/mol. The fraction of sp³-hybridized carbons (Fsp3) is 0.556. The summed E-state index contributed by atoms with van der Waals surface area (Å²) in [5, 5.41) is 0. The number of carbonyl (C=O) groups is 2. The van der Waals surface area contributed by atoms with Crippen molar-refractivity contribution in [2.24, 2.45) is 0 Å². The van der Waals surface area contributed by atoms with Gasteiger partial charge in [0.1, 0.15) is 6.61 Å². The number of amides is 1. The van der Waals surface area contributed by atoms with Gasteiger partial charge in [0, 0.05) is 12.6 Å². The average molecular weight is 397 g/mol. The zero-order valence-electron chi connectivity index (χ0n) is 15.1. The highest BCUT2D eigenvalue weighted by Gasteiger charge is 2.35. The highest BCUT2D eigenvalue weighted by molar-refractivity contribution is 7.91. The largest absolute Gasteiger partial charge is 0.485 e. The normalized spacial score (nSPS) is 22.9.